The molecule has 0 unspecified atom stereocenters. The van der Waals surface area contributed by atoms with Crippen LogP contribution in [0.25, 0.3) is 0 Å². The molecule has 0 saturated carbocycles. The molecule has 0 aromatic heterocycles. The third-order valence-electron chi connectivity index (χ3n) is 5.89. The molecule has 1 aromatic rings. The summed E-state index contributed by atoms with van der Waals surface area (Å²) in [6.07, 6.45) is -3.51. The van der Waals surface area contributed by atoms with Gasteiger partial charge in [-0.15, -0.1) is 0 Å². The number of alkyl halides is 3. The number of carbonyl (C=O) groups is 2. The third-order valence-corrected chi connectivity index (χ3v) is 5.89. The molecule has 2 bridgehead atoms. The molecule has 3 saturated heterocycles. The van der Waals surface area contributed by atoms with Gasteiger partial charge in [-0.3, -0.25) is 9.59 Å². The van der Waals surface area contributed by atoms with Gasteiger partial charge in [0.1, 0.15) is 0 Å². The van der Waals surface area contributed by atoms with Crippen LogP contribution in [0.3, 0.4) is 0 Å². The van der Waals surface area contributed by atoms with Crippen LogP contribution in [-0.2, 0) is 20.5 Å². The highest BCUT2D eigenvalue weighted by atomic mass is 19.4. The standard InChI is InChI=1S/C18H15F3N2O3/c1-16-5-6-17(2,26-16)13-12(16)14(24)23(15(13)25)10-4-3-9(8-22)11(7-10)18(19,20)21/h3-4,7,12-13H,5-6H2,1-2H3/t12-,13-,16-,17-/m1/s1. The lowest BCUT2D eigenvalue weighted by Gasteiger charge is -2.27. The molecule has 26 heavy (non-hydrogen) atoms. The van der Waals surface area contributed by atoms with Crippen molar-refractivity contribution in [3.05, 3.63) is 29.3 Å². The van der Waals surface area contributed by atoms with Gasteiger partial charge in [0, 0.05) is 0 Å². The van der Waals surface area contributed by atoms with E-state index in [2.05, 4.69) is 0 Å². The van der Waals surface area contributed by atoms with E-state index in [9.17, 15) is 22.8 Å². The molecule has 0 spiro atoms. The summed E-state index contributed by atoms with van der Waals surface area (Å²) < 4.78 is 45.6. The van der Waals surface area contributed by atoms with E-state index in [0.29, 0.717) is 18.9 Å². The number of rotatable bonds is 1. The Hall–Kier alpha value is -2.40. The lowest BCUT2D eigenvalue weighted by Crippen LogP contribution is -2.40. The molecule has 3 aliphatic rings. The zero-order valence-corrected chi connectivity index (χ0v) is 14.1. The predicted molar refractivity (Wildman–Crippen MR) is 82.8 cm³/mol. The maximum atomic E-state index is 13.2. The molecule has 0 N–H and O–H groups in total. The van der Waals surface area contributed by atoms with Crippen molar-refractivity contribution >= 4 is 17.5 Å². The first kappa shape index (κ1) is 17.0. The van der Waals surface area contributed by atoms with Crippen molar-refractivity contribution in [1.82, 2.24) is 0 Å². The second kappa shape index (κ2) is 4.86. The van der Waals surface area contributed by atoms with Crippen molar-refractivity contribution in [2.45, 2.75) is 44.1 Å². The van der Waals surface area contributed by atoms with E-state index in [1.54, 1.807) is 13.8 Å². The summed E-state index contributed by atoms with van der Waals surface area (Å²) in [6.45, 7) is 3.55. The summed E-state index contributed by atoms with van der Waals surface area (Å²) in [7, 11) is 0. The van der Waals surface area contributed by atoms with Gasteiger partial charge in [0.25, 0.3) is 0 Å². The molecule has 2 amide bonds. The Morgan fingerprint density at radius 3 is 2.15 bits per heavy atom. The fraction of sp³-hybridized carbons (Fsp3) is 0.500. The van der Waals surface area contributed by atoms with Crippen LogP contribution in [0.1, 0.15) is 37.8 Å². The number of anilines is 1. The summed E-state index contributed by atoms with van der Waals surface area (Å²) in [4.78, 5) is 26.7. The van der Waals surface area contributed by atoms with Gasteiger partial charge < -0.3 is 4.74 Å². The van der Waals surface area contributed by atoms with Crippen molar-refractivity contribution in [2.24, 2.45) is 11.8 Å². The van der Waals surface area contributed by atoms with E-state index in [0.717, 1.165) is 11.0 Å². The van der Waals surface area contributed by atoms with Gasteiger partial charge in [-0.1, -0.05) is 0 Å². The molecular formula is C18H15F3N2O3. The molecule has 3 heterocycles. The SMILES string of the molecule is C[C@]12CC[C@@](C)(O1)[C@H]1C(=O)N(c3ccc(C#N)c(C(F)(F)F)c3)C(=O)[C@@H]12. The van der Waals surface area contributed by atoms with Crippen molar-refractivity contribution in [3.63, 3.8) is 0 Å². The van der Waals surface area contributed by atoms with Gasteiger partial charge >= 0.3 is 6.18 Å². The van der Waals surface area contributed by atoms with Crippen molar-refractivity contribution in [3.8, 4) is 6.07 Å². The van der Waals surface area contributed by atoms with Crippen LogP contribution in [0.5, 0.6) is 0 Å². The average Bonchev–Trinajstić information content (AvgIpc) is 3.10. The number of imide groups is 1. The number of fused-ring (bicyclic) bond motifs is 5. The first-order valence-corrected chi connectivity index (χ1v) is 8.21. The first-order valence-electron chi connectivity index (χ1n) is 8.21. The predicted octanol–water partition coefficient (Wildman–Crippen LogP) is 3.02. The Kier molecular flexibility index (Phi) is 3.18. The molecule has 1 aromatic carbocycles. The van der Waals surface area contributed by atoms with Crippen LogP contribution in [0.2, 0.25) is 0 Å². The Bertz CT molecular complexity index is 857. The molecular weight excluding hydrogens is 349 g/mol. The van der Waals surface area contributed by atoms with Gasteiger partial charge in [0.2, 0.25) is 11.8 Å². The second-order valence-corrected chi connectivity index (χ2v) is 7.53. The van der Waals surface area contributed by atoms with Crippen LogP contribution in [-0.4, -0.2) is 23.0 Å². The van der Waals surface area contributed by atoms with E-state index in [1.165, 1.54) is 12.1 Å². The Balaban J connectivity index is 1.80. The summed E-state index contributed by atoms with van der Waals surface area (Å²) in [6, 6.07) is 4.38. The number of halogens is 3. The highest BCUT2D eigenvalue weighted by Crippen LogP contribution is 2.61. The highest BCUT2D eigenvalue weighted by Gasteiger charge is 2.72. The lowest BCUT2D eigenvalue weighted by atomic mass is 9.69. The third kappa shape index (κ3) is 2.01. The van der Waals surface area contributed by atoms with Gasteiger partial charge in [-0.05, 0) is 44.9 Å². The van der Waals surface area contributed by atoms with E-state index in [4.69, 9.17) is 10.00 Å². The van der Waals surface area contributed by atoms with Crippen LogP contribution in [0, 0.1) is 23.2 Å². The molecule has 136 valence electrons. The smallest absolute Gasteiger partial charge is 0.367 e. The number of amides is 2. The zero-order valence-electron chi connectivity index (χ0n) is 14.1. The minimum atomic E-state index is -4.76. The van der Waals surface area contributed by atoms with Gasteiger partial charge in [0.05, 0.1) is 45.9 Å². The summed E-state index contributed by atoms with van der Waals surface area (Å²) >= 11 is 0. The molecule has 5 nitrogen and oxygen atoms in total. The number of hydrogen-bond donors (Lipinski definition) is 0. The van der Waals surface area contributed by atoms with Gasteiger partial charge in [-0.25, -0.2) is 4.90 Å². The minimum Gasteiger partial charge on any atom is -0.367 e. The maximum absolute atomic E-state index is 13.2. The van der Waals surface area contributed by atoms with Crippen LogP contribution in [0.15, 0.2) is 18.2 Å². The number of ether oxygens (including phenoxy) is 1. The average molecular weight is 364 g/mol. The molecule has 8 heteroatoms. The number of hydrogen-bond acceptors (Lipinski definition) is 4. The fourth-order valence-electron chi connectivity index (χ4n) is 4.73. The van der Waals surface area contributed by atoms with Crippen molar-refractivity contribution in [1.29, 1.82) is 5.26 Å². The summed E-state index contributed by atoms with van der Waals surface area (Å²) in [5.74, 6) is -2.47. The quantitative estimate of drug-likeness (QED) is 0.718. The Morgan fingerprint density at radius 1 is 1.15 bits per heavy atom. The van der Waals surface area contributed by atoms with E-state index < -0.39 is 52.2 Å². The van der Waals surface area contributed by atoms with E-state index in [-0.39, 0.29) is 5.69 Å². The van der Waals surface area contributed by atoms with Crippen molar-refractivity contribution < 1.29 is 27.5 Å². The Labute approximate surface area is 147 Å². The molecule has 0 radical (unpaired) electrons. The number of benzene rings is 1. The van der Waals surface area contributed by atoms with Crippen LogP contribution >= 0.6 is 0 Å². The normalized spacial score (nSPS) is 35.8. The summed E-state index contributed by atoms with van der Waals surface area (Å²) in [5, 5.41) is 8.90. The monoisotopic (exact) mass is 364 g/mol. The highest BCUT2D eigenvalue weighted by molar-refractivity contribution is 6.23. The zero-order chi connectivity index (χ0) is 19.1. The van der Waals surface area contributed by atoms with Crippen LogP contribution in [0.4, 0.5) is 18.9 Å². The molecule has 4 rings (SSSR count). The van der Waals surface area contributed by atoms with Crippen molar-refractivity contribution in [2.75, 3.05) is 4.90 Å². The largest absolute Gasteiger partial charge is 0.417 e. The van der Waals surface area contributed by atoms with Crippen LogP contribution < -0.4 is 4.90 Å². The number of nitriles is 1. The molecule has 0 aliphatic carbocycles. The lowest BCUT2D eigenvalue weighted by molar-refractivity contribution is -0.138. The van der Waals surface area contributed by atoms with E-state index in [1.807, 2.05) is 0 Å². The molecule has 4 atom stereocenters. The maximum Gasteiger partial charge on any atom is 0.417 e. The van der Waals surface area contributed by atoms with Gasteiger partial charge in [0.15, 0.2) is 0 Å². The fourth-order valence-corrected chi connectivity index (χ4v) is 4.73. The number of carbonyl (C=O) groups excluding carboxylic acids is 2. The minimum absolute atomic E-state index is 0.160. The number of nitrogens with zero attached hydrogens (tertiary/aromatic N) is 2. The molecule has 3 fully saturated rings. The molecule has 3 aliphatic heterocycles. The van der Waals surface area contributed by atoms with Gasteiger partial charge in [-0.2, -0.15) is 18.4 Å². The first-order chi connectivity index (χ1) is 12.0. The summed E-state index contributed by atoms with van der Waals surface area (Å²) in [5.41, 5.74) is -3.43. The topological polar surface area (TPSA) is 70.4 Å². The second-order valence-electron chi connectivity index (χ2n) is 7.53. The Morgan fingerprint density at radius 2 is 1.69 bits per heavy atom. The van der Waals surface area contributed by atoms with E-state index >= 15 is 0 Å².